The number of nitrogens with zero attached hydrogens (tertiary/aromatic N) is 5. The van der Waals surface area contributed by atoms with Crippen molar-refractivity contribution in [2.45, 2.75) is 44.7 Å². The fourth-order valence-electron chi connectivity index (χ4n) is 3.25. The van der Waals surface area contributed by atoms with Crippen molar-refractivity contribution in [3.63, 3.8) is 0 Å². The number of aryl methyl sites for hydroxylation is 1. The third-order valence-corrected chi connectivity index (χ3v) is 5.08. The van der Waals surface area contributed by atoms with Gasteiger partial charge in [-0.05, 0) is 25.7 Å². The monoisotopic (exact) mass is 291 g/mol. The third-order valence-electron chi connectivity index (χ3n) is 5.08. The number of likely N-dealkylation sites (tertiary alicyclic amines) is 1. The van der Waals surface area contributed by atoms with Crippen LogP contribution < -0.4 is 0 Å². The molecule has 0 spiro atoms. The molecule has 1 aliphatic heterocycles. The highest BCUT2D eigenvalue weighted by atomic mass is 16.2. The molecule has 1 saturated heterocycles. The van der Waals surface area contributed by atoms with Crippen LogP contribution in [0.3, 0.4) is 0 Å². The van der Waals surface area contributed by atoms with Crippen molar-refractivity contribution < 1.29 is 4.79 Å². The summed E-state index contributed by atoms with van der Waals surface area (Å²) in [5.41, 5.74) is 0. The molecule has 2 aliphatic rings. The molecule has 116 valence electrons. The van der Waals surface area contributed by atoms with Crippen LogP contribution in [0.2, 0.25) is 0 Å². The lowest BCUT2D eigenvalue weighted by atomic mass is 9.84. The molecule has 2 fully saturated rings. The molecule has 0 unspecified atom stereocenters. The molecular formula is C15H25N5O. The molecule has 0 radical (unpaired) electrons. The third kappa shape index (κ3) is 3.10. The average Bonchev–Trinajstić information content (AvgIpc) is 2.82. The Hall–Kier alpha value is -1.43. The molecule has 1 saturated carbocycles. The van der Waals surface area contributed by atoms with Crippen LogP contribution in [0.5, 0.6) is 0 Å². The number of carbonyl (C=O) groups is 1. The van der Waals surface area contributed by atoms with Crippen LogP contribution in [0.25, 0.3) is 0 Å². The van der Waals surface area contributed by atoms with Gasteiger partial charge in [-0.1, -0.05) is 6.42 Å². The summed E-state index contributed by atoms with van der Waals surface area (Å²) < 4.78 is 1.83. The quantitative estimate of drug-likeness (QED) is 0.832. The number of piperidine rings is 1. The van der Waals surface area contributed by atoms with Gasteiger partial charge in [0.15, 0.2) is 0 Å². The Kier molecular flexibility index (Phi) is 4.24. The Morgan fingerprint density at radius 2 is 2.05 bits per heavy atom. The molecule has 1 aromatic rings. The molecule has 1 amide bonds. The van der Waals surface area contributed by atoms with Crippen molar-refractivity contribution in [3.8, 4) is 0 Å². The summed E-state index contributed by atoms with van der Waals surface area (Å²) in [7, 11) is 3.92. The zero-order chi connectivity index (χ0) is 14.8. The number of hydrogen-bond acceptors (Lipinski definition) is 4. The minimum atomic E-state index is 0.312. The predicted octanol–water partition coefficient (Wildman–Crippen LogP) is 1.04. The van der Waals surface area contributed by atoms with Crippen molar-refractivity contribution in [2.24, 2.45) is 13.0 Å². The van der Waals surface area contributed by atoms with E-state index < -0.39 is 0 Å². The van der Waals surface area contributed by atoms with E-state index in [9.17, 15) is 4.79 Å². The molecule has 6 heteroatoms. The van der Waals surface area contributed by atoms with E-state index >= 15 is 0 Å². The lowest BCUT2D eigenvalue weighted by Gasteiger charge is -2.39. The fraction of sp³-hybridized carbons (Fsp3) is 0.800. The zero-order valence-corrected chi connectivity index (χ0v) is 13.0. The first-order chi connectivity index (χ1) is 10.1. The number of rotatable bonds is 4. The van der Waals surface area contributed by atoms with E-state index in [1.165, 1.54) is 6.42 Å². The van der Waals surface area contributed by atoms with Gasteiger partial charge in [-0.2, -0.15) is 5.10 Å². The molecule has 0 bridgehead atoms. The molecule has 2 heterocycles. The Labute approximate surface area is 126 Å². The summed E-state index contributed by atoms with van der Waals surface area (Å²) in [6, 6.07) is 0.411. The van der Waals surface area contributed by atoms with Crippen LogP contribution >= 0.6 is 0 Å². The summed E-state index contributed by atoms with van der Waals surface area (Å²) in [4.78, 5) is 21.0. The number of aromatic nitrogens is 3. The zero-order valence-electron chi connectivity index (χ0n) is 13.0. The molecule has 1 aromatic heterocycles. The lowest BCUT2D eigenvalue weighted by molar-refractivity contribution is -0.139. The maximum Gasteiger partial charge on any atom is 0.225 e. The maximum absolute atomic E-state index is 12.3. The van der Waals surface area contributed by atoms with E-state index in [-0.39, 0.29) is 0 Å². The van der Waals surface area contributed by atoms with Crippen LogP contribution in [0, 0.1) is 5.92 Å². The summed E-state index contributed by atoms with van der Waals surface area (Å²) >= 11 is 0. The highest BCUT2D eigenvalue weighted by Crippen LogP contribution is 2.29. The Morgan fingerprint density at radius 3 is 2.57 bits per heavy atom. The standard InChI is InChI=1S/C15H25N5O/c1-18(15(21)12-4-3-5-12)13-6-8-20(9-7-13)10-14-16-11-17-19(14)2/h11-13H,3-10H2,1-2H3. The van der Waals surface area contributed by atoms with Crippen molar-refractivity contribution in [1.82, 2.24) is 24.6 Å². The van der Waals surface area contributed by atoms with E-state index in [0.29, 0.717) is 17.9 Å². The van der Waals surface area contributed by atoms with E-state index in [1.54, 1.807) is 6.33 Å². The summed E-state index contributed by atoms with van der Waals surface area (Å²) in [5, 5.41) is 4.11. The summed E-state index contributed by atoms with van der Waals surface area (Å²) in [6.45, 7) is 2.91. The van der Waals surface area contributed by atoms with Gasteiger partial charge in [0.25, 0.3) is 0 Å². The summed E-state index contributed by atoms with van der Waals surface area (Å²) in [6.07, 6.45) is 7.13. The second-order valence-corrected chi connectivity index (χ2v) is 6.38. The van der Waals surface area contributed by atoms with E-state index in [4.69, 9.17) is 0 Å². The molecule has 21 heavy (non-hydrogen) atoms. The van der Waals surface area contributed by atoms with E-state index in [0.717, 1.165) is 51.1 Å². The number of carbonyl (C=O) groups excluding carboxylic acids is 1. The van der Waals surface area contributed by atoms with Crippen LogP contribution in [0.4, 0.5) is 0 Å². The largest absolute Gasteiger partial charge is 0.342 e. The van der Waals surface area contributed by atoms with Crippen LogP contribution in [-0.4, -0.2) is 56.7 Å². The minimum Gasteiger partial charge on any atom is -0.342 e. The van der Waals surface area contributed by atoms with Gasteiger partial charge >= 0.3 is 0 Å². The second-order valence-electron chi connectivity index (χ2n) is 6.38. The maximum atomic E-state index is 12.3. The molecule has 0 atom stereocenters. The first-order valence-corrected chi connectivity index (χ1v) is 7.97. The minimum absolute atomic E-state index is 0.312. The highest BCUT2D eigenvalue weighted by molar-refractivity contribution is 5.79. The van der Waals surface area contributed by atoms with Crippen molar-refractivity contribution >= 4 is 5.91 Å². The van der Waals surface area contributed by atoms with Gasteiger partial charge in [-0.15, -0.1) is 0 Å². The Balaban J connectivity index is 1.48. The van der Waals surface area contributed by atoms with Gasteiger partial charge in [0.05, 0.1) is 6.54 Å². The molecule has 6 nitrogen and oxygen atoms in total. The predicted molar refractivity (Wildman–Crippen MR) is 79.4 cm³/mol. The number of amides is 1. The van der Waals surface area contributed by atoms with Crippen LogP contribution in [-0.2, 0) is 18.4 Å². The highest BCUT2D eigenvalue weighted by Gasteiger charge is 2.32. The molecular weight excluding hydrogens is 266 g/mol. The summed E-state index contributed by atoms with van der Waals surface area (Å²) in [5.74, 6) is 1.69. The van der Waals surface area contributed by atoms with Crippen molar-refractivity contribution in [1.29, 1.82) is 0 Å². The van der Waals surface area contributed by atoms with Gasteiger partial charge < -0.3 is 4.90 Å². The molecule has 0 N–H and O–H groups in total. The normalized spacial score (nSPS) is 21.2. The van der Waals surface area contributed by atoms with E-state index in [1.807, 2.05) is 23.7 Å². The van der Waals surface area contributed by atoms with Gasteiger partial charge in [-0.3, -0.25) is 14.4 Å². The van der Waals surface area contributed by atoms with Crippen LogP contribution in [0.1, 0.15) is 37.9 Å². The molecule has 0 aromatic carbocycles. The molecule has 1 aliphatic carbocycles. The average molecular weight is 291 g/mol. The van der Waals surface area contributed by atoms with Gasteiger partial charge in [-0.25, -0.2) is 4.98 Å². The first-order valence-electron chi connectivity index (χ1n) is 7.97. The fourth-order valence-corrected chi connectivity index (χ4v) is 3.25. The van der Waals surface area contributed by atoms with Crippen molar-refractivity contribution in [3.05, 3.63) is 12.2 Å². The lowest BCUT2D eigenvalue weighted by Crippen LogP contribution is -2.48. The Morgan fingerprint density at radius 1 is 1.33 bits per heavy atom. The Bertz CT molecular complexity index is 488. The second kappa shape index (κ2) is 6.13. The SMILES string of the molecule is CN(C(=O)C1CCC1)C1CCN(Cc2ncnn2C)CC1. The smallest absolute Gasteiger partial charge is 0.225 e. The number of hydrogen-bond donors (Lipinski definition) is 0. The van der Waals surface area contributed by atoms with Crippen LogP contribution in [0.15, 0.2) is 6.33 Å². The van der Waals surface area contributed by atoms with E-state index in [2.05, 4.69) is 15.0 Å². The van der Waals surface area contributed by atoms with Gasteiger partial charge in [0, 0.05) is 39.1 Å². The molecule has 3 rings (SSSR count). The van der Waals surface area contributed by atoms with Gasteiger partial charge in [0.1, 0.15) is 12.2 Å². The van der Waals surface area contributed by atoms with Crippen molar-refractivity contribution in [2.75, 3.05) is 20.1 Å². The first kappa shape index (κ1) is 14.5. The topological polar surface area (TPSA) is 54.3 Å². The van der Waals surface area contributed by atoms with Gasteiger partial charge in [0.2, 0.25) is 5.91 Å².